The zero-order chi connectivity index (χ0) is 12.3. The molecule has 0 aliphatic carbocycles. The number of rotatable bonds is 2. The number of carbonyl (C=O) groups is 1. The molecule has 1 saturated heterocycles. The van der Waals surface area contributed by atoms with Gasteiger partial charge in [0.05, 0.1) is 0 Å². The van der Waals surface area contributed by atoms with Crippen molar-refractivity contribution < 1.29 is 9.53 Å². The van der Waals surface area contributed by atoms with Crippen molar-refractivity contribution in [1.29, 1.82) is 0 Å². The average Bonchev–Trinajstić information content (AvgIpc) is 2.39. The highest BCUT2D eigenvalue weighted by Gasteiger charge is 2.26. The van der Waals surface area contributed by atoms with Crippen molar-refractivity contribution in [2.24, 2.45) is 5.92 Å². The van der Waals surface area contributed by atoms with E-state index in [1.807, 2.05) is 6.92 Å². The van der Waals surface area contributed by atoms with E-state index in [-0.39, 0.29) is 11.8 Å². The maximum absolute atomic E-state index is 12.2. The Morgan fingerprint density at radius 1 is 1.35 bits per heavy atom. The Kier molecular flexibility index (Phi) is 3.68. The molecule has 1 amide bonds. The number of anilines is 1. The minimum absolute atomic E-state index is 0.0404. The highest BCUT2D eigenvalue weighted by Crippen LogP contribution is 2.18. The smallest absolute Gasteiger partial charge is 0.232 e. The summed E-state index contributed by atoms with van der Waals surface area (Å²) < 4.78 is 5.25. The molecule has 5 nitrogen and oxygen atoms in total. The quantitative estimate of drug-likeness (QED) is 0.772. The maximum atomic E-state index is 12.2. The van der Waals surface area contributed by atoms with E-state index in [2.05, 4.69) is 9.97 Å². The summed E-state index contributed by atoms with van der Waals surface area (Å²) in [6.07, 6.45) is 5.01. The zero-order valence-electron chi connectivity index (χ0n) is 10.2. The van der Waals surface area contributed by atoms with Crippen molar-refractivity contribution >= 4 is 11.9 Å². The average molecular weight is 235 g/mol. The first-order valence-electron chi connectivity index (χ1n) is 5.82. The fourth-order valence-corrected chi connectivity index (χ4v) is 1.88. The lowest BCUT2D eigenvalue weighted by molar-refractivity contribution is -0.124. The monoisotopic (exact) mass is 235 g/mol. The van der Waals surface area contributed by atoms with Gasteiger partial charge < -0.3 is 4.74 Å². The molecule has 1 aliphatic heterocycles. The minimum Gasteiger partial charge on any atom is -0.381 e. The normalized spacial score (nSPS) is 16.8. The second-order valence-electron chi connectivity index (χ2n) is 4.34. The van der Waals surface area contributed by atoms with Gasteiger partial charge in [-0.05, 0) is 25.3 Å². The predicted octanol–water partition coefficient (Wildman–Crippen LogP) is 1.17. The minimum atomic E-state index is 0.0404. The summed E-state index contributed by atoms with van der Waals surface area (Å²) in [5.41, 5.74) is 0.987. The molecule has 2 rings (SSSR count). The van der Waals surface area contributed by atoms with Crippen LogP contribution in [-0.2, 0) is 9.53 Å². The van der Waals surface area contributed by atoms with Gasteiger partial charge >= 0.3 is 0 Å². The van der Waals surface area contributed by atoms with Gasteiger partial charge in [-0.25, -0.2) is 9.97 Å². The van der Waals surface area contributed by atoms with Crippen molar-refractivity contribution in [1.82, 2.24) is 9.97 Å². The van der Waals surface area contributed by atoms with E-state index >= 15 is 0 Å². The summed E-state index contributed by atoms with van der Waals surface area (Å²) in [6, 6.07) is 0. The number of carbonyl (C=O) groups excluding carboxylic acids is 1. The molecule has 0 unspecified atom stereocenters. The van der Waals surface area contributed by atoms with Crippen LogP contribution in [-0.4, -0.2) is 36.1 Å². The highest BCUT2D eigenvalue weighted by molar-refractivity contribution is 5.92. The molecule has 0 radical (unpaired) electrons. The molecule has 1 aromatic rings. The van der Waals surface area contributed by atoms with Crippen molar-refractivity contribution in [3.8, 4) is 0 Å². The van der Waals surface area contributed by atoms with Gasteiger partial charge in [0.15, 0.2) is 0 Å². The molecule has 1 aromatic heterocycles. The fraction of sp³-hybridized carbons (Fsp3) is 0.583. The number of ether oxygens (including phenoxy) is 1. The van der Waals surface area contributed by atoms with Gasteiger partial charge in [-0.1, -0.05) is 0 Å². The second-order valence-corrected chi connectivity index (χ2v) is 4.34. The zero-order valence-corrected chi connectivity index (χ0v) is 10.2. The first kappa shape index (κ1) is 12.0. The van der Waals surface area contributed by atoms with E-state index in [1.165, 1.54) is 4.90 Å². The third-order valence-electron chi connectivity index (χ3n) is 2.97. The largest absolute Gasteiger partial charge is 0.381 e. The van der Waals surface area contributed by atoms with Crippen LogP contribution in [0.25, 0.3) is 0 Å². The summed E-state index contributed by atoms with van der Waals surface area (Å²) in [7, 11) is 1.72. The van der Waals surface area contributed by atoms with E-state index in [1.54, 1.807) is 19.4 Å². The van der Waals surface area contributed by atoms with Gasteiger partial charge in [0, 0.05) is 38.6 Å². The van der Waals surface area contributed by atoms with Crippen molar-refractivity contribution in [2.45, 2.75) is 19.8 Å². The first-order valence-corrected chi connectivity index (χ1v) is 5.82. The summed E-state index contributed by atoms with van der Waals surface area (Å²) in [6.45, 7) is 3.25. The van der Waals surface area contributed by atoms with Crippen LogP contribution in [0.1, 0.15) is 18.4 Å². The molecule has 0 bridgehead atoms. The van der Waals surface area contributed by atoms with Crippen LogP contribution in [0.4, 0.5) is 5.95 Å². The summed E-state index contributed by atoms with van der Waals surface area (Å²) >= 11 is 0. The Bertz CT molecular complexity index is 385. The molecule has 0 N–H and O–H groups in total. The third kappa shape index (κ3) is 2.79. The van der Waals surface area contributed by atoms with E-state index in [0.717, 1.165) is 18.4 Å². The van der Waals surface area contributed by atoms with Gasteiger partial charge in [-0.2, -0.15) is 0 Å². The van der Waals surface area contributed by atoms with Crippen LogP contribution < -0.4 is 4.90 Å². The number of amides is 1. The van der Waals surface area contributed by atoms with Gasteiger partial charge in [-0.3, -0.25) is 9.69 Å². The Morgan fingerprint density at radius 3 is 2.53 bits per heavy atom. The molecule has 2 heterocycles. The lowest BCUT2D eigenvalue weighted by Gasteiger charge is -2.25. The molecule has 0 aromatic carbocycles. The van der Waals surface area contributed by atoms with E-state index < -0.39 is 0 Å². The van der Waals surface area contributed by atoms with Gasteiger partial charge in [0.1, 0.15) is 0 Å². The SMILES string of the molecule is Cc1cnc(N(C)C(=O)C2CCOCC2)nc1. The van der Waals surface area contributed by atoms with Crippen molar-refractivity contribution in [3.63, 3.8) is 0 Å². The number of hydrogen-bond donors (Lipinski definition) is 0. The molecule has 0 saturated carbocycles. The predicted molar refractivity (Wildman–Crippen MR) is 63.7 cm³/mol. The standard InChI is InChI=1S/C12H17N3O2/c1-9-7-13-12(14-8-9)15(2)11(16)10-3-5-17-6-4-10/h7-8,10H,3-6H2,1-2H3. The Hall–Kier alpha value is -1.49. The van der Waals surface area contributed by atoms with Crippen LogP contribution in [0.2, 0.25) is 0 Å². The molecule has 1 aliphatic rings. The van der Waals surface area contributed by atoms with Gasteiger partial charge in [-0.15, -0.1) is 0 Å². The maximum Gasteiger partial charge on any atom is 0.232 e. The van der Waals surface area contributed by atoms with Crippen LogP contribution in [0.3, 0.4) is 0 Å². The molecule has 92 valence electrons. The number of hydrogen-bond acceptors (Lipinski definition) is 4. The van der Waals surface area contributed by atoms with Crippen LogP contribution >= 0.6 is 0 Å². The lowest BCUT2D eigenvalue weighted by atomic mass is 9.99. The molecule has 17 heavy (non-hydrogen) atoms. The number of aryl methyl sites for hydroxylation is 1. The van der Waals surface area contributed by atoms with E-state index in [0.29, 0.717) is 19.2 Å². The summed E-state index contributed by atoms with van der Waals surface area (Å²) in [5.74, 6) is 0.586. The van der Waals surface area contributed by atoms with Gasteiger partial charge in [0.2, 0.25) is 11.9 Å². The van der Waals surface area contributed by atoms with Gasteiger partial charge in [0.25, 0.3) is 0 Å². The van der Waals surface area contributed by atoms with Crippen LogP contribution in [0.15, 0.2) is 12.4 Å². The Balaban J connectivity index is 2.05. The van der Waals surface area contributed by atoms with Crippen LogP contribution in [0, 0.1) is 12.8 Å². The number of aromatic nitrogens is 2. The van der Waals surface area contributed by atoms with Crippen LogP contribution in [0.5, 0.6) is 0 Å². The molecular formula is C12H17N3O2. The fourth-order valence-electron chi connectivity index (χ4n) is 1.88. The molecule has 0 spiro atoms. The summed E-state index contributed by atoms with van der Waals surface area (Å²) in [4.78, 5) is 22.0. The molecule has 5 heteroatoms. The Morgan fingerprint density at radius 2 is 1.94 bits per heavy atom. The lowest BCUT2D eigenvalue weighted by Crippen LogP contribution is -2.36. The molecular weight excluding hydrogens is 218 g/mol. The van der Waals surface area contributed by atoms with Crippen molar-refractivity contribution in [2.75, 3.05) is 25.2 Å². The van der Waals surface area contributed by atoms with E-state index in [9.17, 15) is 4.79 Å². The topological polar surface area (TPSA) is 55.3 Å². The molecule has 1 fully saturated rings. The summed E-state index contributed by atoms with van der Waals surface area (Å²) in [5, 5.41) is 0. The highest BCUT2D eigenvalue weighted by atomic mass is 16.5. The number of nitrogens with zero attached hydrogens (tertiary/aromatic N) is 3. The van der Waals surface area contributed by atoms with Crippen molar-refractivity contribution in [3.05, 3.63) is 18.0 Å². The Labute approximate surface area is 101 Å². The second kappa shape index (κ2) is 5.23. The first-order chi connectivity index (χ1) is 8.18. The third-order valence-corrected chi connectivity index (χ3v) is 2.97. The van der Waals surface area contributed by atoms with E-state index in [4.69, 9.17) is 4.74 Å². The molecule has 0 atom stereocenters.